The molecular formula is C17H22BNO4S. The van der Waals surface area contributed by atoms with Crippen LogP contribution in [0.2, 0.25) is 0 Å². The molecule has 0 radical (unpaired) electrons. The minimum absolute atomic E-state index is 0.254. The maximum atomic E-state index is 12.8. The number of nitrogens with zero attached hydrogens (tertiary/aromatic N) is 1. The average molecular weight is 347 g/mol. The number of hydrogen-bond acceptors (Lipinski definition) is 4. The van der Waals surface area contributed by atoms with E-state index in [2.05, 4.69) is 0 Å². The molecule has 2 aromatic rings. The number of rotatable bonds is 3. The molecule has 1 aromatic carbocycles. The molecule has 128 valence electrons. The van der Waals surface area contributed by atoms with Crippen molar-refractivity contribution in [3.05, 3.63) is 48.3 Å². The second kappa shape index (κ2) is 5.47. The van der Waals surface area contributed by atoms with E-state index in [0.29, 0.717) is 11.2 Å². The van der Waals surface area contributed by atoms with E-state index in [1.165, 1.54) is 3.97 Å². The smallest absolute Gasteiger partial charge is 0.399 e. The molecule has 1 fully saturated rings. The van der Waals surface area contributed by atoms with Gasteiger partial charge in [-0.2, -0.15) is 0 Å². The Morgan fingerprint density at radius 2 is 1.54 bits per heavy atom. The lowest BCUT2D eigenvalue weighted by Crippen LogP contribution is -2.41. The Labute approximate surface area is 143 Å². The molecule has 24 heavy (non-hydrogen) atoms. The van der Waals surface area contributed by atoms with E-state index in [9.17, 15) is 8.42 Å². The summed E-state index contributed by atoms with van der Waals surface area (Å²) in [5.74, 6) is 0. The van der Waals surface area contributed by atoms with Crippen LogP contribution >= 0.6 is 0 Å². The fraction of sp³-hybridized carbons (Fsp3) is 0.412. The monoisotopic (exact) mass is 347 g/mol. The maximum absolute atomic E-state index is 12.8. The second-order valence-electron chi connectivity index (χ2n) is 7.12. The number of aryl methyl sites for hydroxylation is 1. The van der Waals surface area contributed by atoms with Gasteiger partial charge in [-0.3, -0.25) is 0 Å². The second-order valence-corrected chi connectivity index (χ2v) is 8.93. The highest BCUT2D eigenvalue weighted by molar-refractivity contribution is 7.90. The van der Waals surface area contributed by atoms with Gasteiger partial charge < -0.3 is 9.31 Å². The van der Waals surface area contributed by atoms with Crippen LogP contribution in [-0.2, 0) is 19.3 Å². The van der Waals surface area contributed by atoms with Gasteiger partial charge in [-0.15, -0.1) is 0 Å². The number of hydrogen-bond donors (Lipinski definition) is 0. The lowest BCUT2D eigenvalue weighted by Gasteiger charge is -2.32. The largest absolute Gasteiger partial charge is 0.496 e. The highest BCUT2D eigenvalue weighted by Gasteiger charge is 2.52. The first-order valence-corrected chi connectivity index (χ1v) is 9.34. The molecule has 1 aromatic heterocycles. The van der Waals surface area contributed by atoms with Gasteiger partial charge in [0.1, 0.15) is 0 Å². The topological polar surface area (TPSA) is 57.5 Å². The molecule has 7 heteroatoms. The van der Waals surface area contributed by atoms with Gasteiger partial charge in [0, 0.05) is 17.4 Å². The molecule has 1 aliphatic rings. The summed E-state index contributed by atoms with van der Waals surface area (Å²) >= 11 is 0. The quantitative estimate of drug-likeness (QED) is 0.800. The van der Waals surface area contributed by atoms with Crippen molar-refractivity contribution in [1.82, 2.24) is 3.97 Å². The minimum Gasteiger partial charge on any atom is -0.399 e. The van der Waals surface area contributed by atoms with E-state index >= 15 is 0 Å². The normalized spacial score (nSPS) is 19.6. The van der Waals surface area contributed by atoms with Gasteiger partial charge >= 0.3 is 7.12 Å². The maximum Gasteiger partial charge on any atom is 0.496 e. The zero-order valence-corrected chi connectivity index (χ0v) is 15.4. The summed E-state index contributed by atoms with van der Waals surface area (Å²) in [4.78, 5) is 0.254. The molecule has 5 nitrogen and oxygen atoms in total. The first-order chi connectivity index (χ1) is 11.0. The van der Waals surface area contributed by atoms with Crippen molar-refractivity contribution in [1.29, 1.82) is 0 Å². The van der Waals surface area contributed by atoms with Crippen LogP contribution in [0.1, 0.15) is 33.4 Å². The average Bonchev–Trinajstić information content (AvgIpc) is 2.98. The molecule has 0 saturated carbocycles. The summed E-state index contributed by atoms with van der Waals surface area (Å²) in [5, 5.41) is 0. The molecule has 0 unspecified atom stereocenters. The van der Waals surface area contributed by atoms with Gasteiger partial charge in [0.05, 0.1) is 16.1 Å². The van der Waals surface area contributed by atoms with Crippen molar-refractivity contribution in [3.8, 4) is 0 Å². The molecule has 0 amide bonds. The number of aromatic nitrogens is 1. The van der Waals surface area contributed by atoms with E-state index in [1.807, 2.05) is 27.7 Å². The molecule has 0 spiro atoms. The fourth-order valence-corrected chi connectivity index (χ4v) is 4.07. The van der Waals surface area contributed by atoms with Gasteiger partial charge in [0.15, 0.2) is 0 Å². The van der Waals surface area contributed by atoms with Crippen molar-refractivity contribution >= 4 is 22.6 Å². The van der Waals surface area contributed by atoms with E-state index in [4.69, 9.17) is 9.31 Å². The first-order valence-electron chi connectivity index (χ1n) is 7.90. The fourth-order valence-electron chi connectivity index (χ4n) is 2.65. The number of benzene rings is 1. The first kappa shape index (κ1) is 17.3. The molecule has 3 rings (SSSR count). The summed E-state index contributed by atoms with van der Waals surface area (Å²) in [6, 6.07) is 10.2. The van der Waals surface area contributed by atoms with Crippen LogP contribution in [0, 0.1) is 6.92 Å². The lowest BCUT2D eigenvalue weighted by molar-refractivity contribution is 0.00578. The van der Waals surface area contributed by atoms with E-state index < -0.39 is 28.3 Å². The molecule has 0 bridgehead atoms. The predicted molar refractivity (Wildman–Crippen MR) is 93.9 cm³/mol. The van der Waals surface area contributed by atoms with Gasteiger partial charge in [-0.25, -0.2) is 12.4 Å². The van der Waals surface area contributed by atoms with Crippen LogP contribution in [-0.4, -0.2) is 30.7 Å². The zero-order chi connectivity index (χ0) is 17.8. The molecule has 1 saturated heterocycles. The SMILES string of the molecule is Cc1cc(B2OC(C)(C)C(C)(C)O2)cn1S(=O)(=O)c1ccccc1. The predicted octanol–water partition coefficient (Wildman–Crippen LogP) is 2.33. The lowest BCUT2D eigenvalue weighted by atomic mass is 9.81. The van der Waals surface area contributed by atoms with Crippen LogP contribution in [0.25, 0.3) is 0 Å². The third-order valence-electron chi connectivity index (χ3n) is 4.81. The molecule has 0 aliphatic carbocycles. The summed E-state index contributed by atoms with van der Waals surface area (Å²) in [6.07, 6.45) is 1.58. The van der Waals surface area contributed by atoms with E-state index in [-0.39, 0.29) is 4.90 Å². The third-order valence-corrected chi connectivity index (χ3v) is 6.59. The van der Waals surface area contributed by atoms with Crippen LogP contribution in [0.4, 0.5) is 0 Å². The Morgan fingerprint density at radius 1 is 1.00 bits per heavy atom. The highest BCUT2D eigenvalue weighted by Crippen LogP contribution is 2.36. The summed E-state index contributed by atoms with van der Waals surface area (Å²) in [6.45, 7) is 9.64. The third kappa shape index (κ3) is 2.70. The molecule has 0 atom stereocenters. The Bertz CT molecular complexity index is 840. The highest BCUT2D eigenvalue weighted by atomic mass is 32.2. The molecular weight excluding hydrogens is 325 g/mol. The van der Waals surface area contributed by atoms with Crippen LogP contribution in [0.3, 0.4) is 0 Å². The van der Waals surface area contributed by atoms with E-state index in [0.717, 1.165) is 0 Å². The Morgan fingerprint density at radius 3 is 2.08 bits per heavy atom. The van der Waals surface area contributed by atoms with Crippen molar-refractivity contribution in [2.24, 2.45) is 0 Å². The standard InChI is InChI=1S/C17H22BNO4S/c1-13-11-14(18-22-16(2,3)17(4,5)23-18)12-19(13)24(20,21)15-9-7-6-8-10-15/h6-12H,1-5H3. The van der Waals surface area contributed by atoms with Crippen molar-refractivity contribution in [3.63, 3.8) is 0 Å². The van der Waals surface area contributed by atoms with Crippen molar-refractivity contribution < 1.29 is 17.7 Å². The summed E-state index contributed by atoms with van der Waals surface area (Å²) in [5.41, 5.74) is 0.382. The van der Waals surface area contributed by atoms with Gasteiger partial charge in [0.25, 0.3) is 10.0 Å². The minimum atomic E-state index is -3.63. The van der Waals surface area contributed by atoms with Crippen LogP contribution in [0.15, 0.2) is 47.5 Å². The Balaban J connectivity index is 1.98. The zero-order valence-electron chi connectivity index (χ0n) is 14.6. The molecule has 1 aliphatic heterocycles. The summed E-state index contributed by atoms with van der Waals surface area (Å²) in [7, 11) is -4.21. The Hall–Kier alpha value is -1.57. The van der Waals surface area contributed by atoms with Crippen molar-refractivity contribution in [2.75, 3.05) is 0 Å². The van der Waals surface area contributed by atoms with Crippen LogP contribution < -0.4 is 5.46 Å². The van der Waals surface area contributed by atoms with Gasteiger partial charge in [-0.05, 0) is 52.8 Å². The Kier molecular flexibility index (Phi) is 3.94. The van der Waals surface area contributed by atoms with Gasteiger partial charge in [-0.1, -0.05) is 18.2 Å². The van der Waals surface area contributed by atoms with Crippen molar-refractivity contribution in [2.45, 2.75) is 50.7 Å². The molecule has 0 N–H and O–H groups in total. The van der Waals surface area contributed by atoms with Gasteiger partial charge in [0.2, 0.25) is 0 Å². The molecule has 2 heterocycles. The van der Waals surface area contributed by atoms with Crippen LogP contribution in [0.5, 0.6) is 0 Å². The summed E-state index contributed by atoms with van der Waals surface area (Å²) < 4.78 is 38.9. The van der Waals surface area contributed by atoms with E-state index in [1.54, 1.807) is 49.5 Å².